The van der Waals surface area contributed by atoms with Crippen molar-refractivity contribution >= 4 is 23.1 Å². The second-order valence-corrected chi connectivity index (χ2v) is 7.95. The molecule has 1 fully saturated rings. The van der Waals surface area contributed by atoms with Crippen molar-refractivity contribution in [1.29, 1.82) is 0 Å². The molecule has 7 nitrogen and oxygen atoms in total. The van der Waals surface area contributed by atoms with Crippen LogP contribution < -0.4 is 9.64 Å². The molecule has 7 heteroatoms. The van der Waals surface area contributed by atoms with E-state index >= 15 is 0 Å². The fraction of sp³-hybridized carbons (Fsp3) is 0.231. The Balaban J connectivity index is 1.84. The molecule has 1 amide bonds. The van der Waals surface area contributed by atoms with Crippen LogP contribution in [0.15, 0.2) is 76.9 Å². The Hall–Kier alpha value is -4.00. The maximum Gasteiger partial charge on any atom is 0.296 e. The third kappa shape index (κ3) is 4.35. The number of rotatable bonds is 7. The van der Waals surface area contributed by atoms with Gasteiger partial charge in [0.15, 0.2) is 0 Å². The van der Waals surface area contributed by atoms with E-state index in [1.54, 1.807) is 36.4 Å². The summed E-state index contributed by atoms with van der Waals surface area (Å²) in [5, 5.41) is 11.2. The summed E-state index contributed by atoms with van der Waals surface area (Å²) in [4.78, 5) is 29.6. The number of hydrogen-bond donors (Lipinski definition) is 1. The SMILES string of the molecule is CCOc1cccc(/C(O)=C2\C(=O)C(=O)N(Cc3ccco3)C2c2ccc(N(C)C)cc2)c1. The van der Waals surface area contributed by atoms with Crippen LogP contribution in [0.2, 0.25) is 0 Å². The van der Waals surface area contributed by atoms with Crippen molar-refractivity contribution in [2.75, 3.05) is 25.6 Å². The van der Waals surface area contributed by atoms with Gasteiger partial charge in [-0.1, -0.05) is 24.3 Å². The van der Waals surface area contributed by atoms with E-state index in [-0.39, 0.29) is 17.9 Å². The van der Waals surface area contributed by atoms with E-state index in [2.05, 4.69) is 0 Å². The summed E-state index contributed by atoms with van der Waals surface area (Å²) in [6.07, 6.45) is 1.52. The zero-order chi connectivity index (χ0) is 23.5. The molecule has 0 spiro atoms. The average Bonchev–Trinajstić information content (AvgIpc) is 3.41. The summed E-state index contributed by atoms with van der Waals surface area (Å²) in [7, 11) is 3.87. The van der Waals surface area contributed by atoms with Gasteiger partial charge in [0.1, 0.15) is 17.3 Å². The molecular formula is C26H26N2O5. The lowest BCUT2D eigenvalue weighted by Gasteiger charge is -2.25. The van der Waals surface area contributed by atoms with Gasteiger partial charge >= 0.3 is 0 Å². The molecule has 2 aromatic carbocycles. The van der Waals surface area contributed by atoms with Crippen LogP contribution >= 0.6 is 0 Å². The van der Waals surface area contributed by atoms with Crippen LogP contribution in [-0.4, -0.2) is 42.4 Å². The van der Waals surface area contributed by atoms with E-state index in [1.165, 1.54) is 11.2 Å². The highest BCUT2D eigenvalue weighted by molar-refractivity contribution is 6.46. The van der Waals surface area contributed by atoms with Gasteiger partial charge in [0, 0.05) is 25.3 Å². The summed E-state index contributed by atoms with van der Waals surface area (Å²) in [6, 6.07) is 17.1. The van der Waals surface area contributed by atoms with Gasteiger partial charge in [0.25, 0.3) is 11.7 Å². The molecule has 0 saturated carbocycles. The summed E-state index contributed by atoms with van der Waals surface area (Å²) < 4.78 is 11.0. The van der Waals surface area contributed by atoms with Gasteiger partial charge < -0.3 is 24.1 Å². The van der Waals surface area contributed by atoms with Crippen molar-refractivity contribution in [3.8, 4) is 5.75 Å². The molecule has 1 atom stereocenters. The first-order valence-corrected chi connectivity index (χ1v) is 10.7. The van der Waals surface area contributed by atoms with E-state index in [0.29, 0.717) is 29.2 Å². The number of benzene rings is 2. The second-order valence-electron chi connectivity index (χ2n) is 7.95. The molecule has 4 rings (SSSR count). The van der Waals surface area contributed by atoms with E-state index in [9.17, 15) is 14.7 Å². The first kappa shape index (κ1) is 22.2. The van der Waals surface area contributed by atoms with Crippen LogP contribution in [0.4, 0.5) is 5.69 Å². The van der Waals surface area contributed by atoms with Crippen LogP contribution in [0.3, 0.4) is 0 Å². The molecule has 1 saturated heterocycles. The second kappa shape index (κ2) is 9.24. The molecule has 1 aliphatic heterocycles. The predicted molar refractivity (Wildman–Crippen MR) is 125 cm³/mol. The number of ketones is 1. The average molecular weight is 447 g/mol. The number of likely N-dealkylation sites (tertiary alicyclic amines) is 1. The van der Waals surface area contributed by atoms with Crippen molar-refractivity contribution in [3.63, 3.8) is 0 Å². The summed E-state index contributed by atoms with van der Waals surface area (Å²) in [6.45, 7) is 2.44. The smallest absolute Gasteiger partial charge is 0.296 e. The number of aliphatic hydroxyl groups is 1. The predicted octanol–water partition coefficient (Wildman–Crippen LogP) is 4.37. The molecule has 170 valence electrons. The Kier molecular flexibility index (Phi) is 6.22. The zero-order valence-corrected chi connectivity index (χ0v) is 18.8. The quantitative estimate of drug-likeness (QED) is 0.330. The van der Waals surface area contributed by atoms with E-state index < -0.39 is 17.7 Å². The number of aliphatic hydroxyl groups excluding tert-OH is 1. The summed E-state index contributed by atoms with van der Waals surface area (Å²) in [5.74, 6) is -0.542. The van der Waals surface area contributed by atoms with Crippen LogP contribution in [0, 0.1) is 0 Å². The van der Waals surface area contributed by atoms with Gasteiger partial charge in [-0.25, -0.2) is 0 Å². The van der Waals surface area contributed by atoms with Gasteiger partial charge in [-0.3, -0.25) is 9.59 Å². The van der Waals surface area contributed by atoms with Crippen molar-refractivity contribution in [2.24, 2.45) is 0 Å². The van der Waals surface area contributed by atoms with Crippen molar-refractivity contribution < 1.29 is 23.8 Å². The molecule has 0 bridgehead atoms. The van der Waals surface area contributed by atoms with Crippen molar-refractivity contribution in [3.05, 3.63) is 89.4 Å². The molecule has 1 N–H and O–H groups in total. The Morgan fingerprint density at radius 2 is 1.85 bits per heavy atom. The number of carbonyl (C=O) groups is 2. The fourth-order valence-corrected chi connectivity index (χ4v) is 3.97. The van der Waals surface area contributed by atoms with Crippen LogP contribution in [0.5, 0.6) is 5.75 Å². The lowest BCUT2D eigenvalue weighted by atomic mass is 9.95. The molecule has 1 aliphatic rings. The minimum atomic E-state index is -0.762. The lowest BCUT2D eigenvalue weighted by Crippen LogP contribution is -2.29. The van der Waals surface area contributed by atoms with Crippen LogP contribution in [-0.2, 0) is 16.1 Å². The van der Waals surface area contributed by atoms with Gasteiger partial charge in [-0.05, 0) is 48.9 Å². The Labute approximate surface area is 192 Å². The number of Topliss-reactive ketones (excluding diaryl/α,β-unsaturated/α-hetero) is 1. The molecule has 3 aromatic rings. The first-order chi connectivity index (χ1) is 15.9. The molecule has 2 heterocycles. The molecule has 1 unspecified atom stereocenters. The number of hydrogen-bond acceptors (Lipinski definition) is 6. The monoisotopic (exact) mass is 446 g/mol. The molecule has 0 aliphatic carbocycles. The number of furan rings is 1. The standard InChI is InChI=1S/C26H26N2O5/c1-4-32-20-8-5-7-18(15-20)24(29)22-23(17-10-12-19(13-11-17)27(2)3)28(26(31)25(22)30)16-21-9-6-14-33-21/h5-15,23,29H,4,16H2,1-3H3/b24-22+. The van der Waals surface area contributed by atoms with Gasteiger partial charge in [0.05, 0.1) is 31.0 Å². The van der Waals surface area contributed by atoms with Crippen molar-refractivity contribution in [1.82, 2.24) is 4.90 Å². The topological polar surface area (TPSA) is 83.2 Å². The highest BCUT2D eigenvalue weighted by Gasteiger charge is 2.46. The molecular weight excluding hydrogens is 420 g/mol. The zero-order valence-electron chi connectivity index (χ0n) is 18.8. The van der Waals surface area contributed by atoms with E-state index in [1.807, 2.05) is 50.2 Å². The molecule has 0 radical (unpaired) electrons. The minimum absolute atomic E-state index is 0.0396. The largest absolute Gasteiger partial charge is 0.507 e. The van der Waals surface area contributed by atoms with E-state index in [0.717, 1.165) is 5.69 Å². The number of anilines is 1. The minimum Gasteiger partial charge on any atom is -0.507 e. The van der Waals surface area contributed by atoms with Gasteiger partial charge in [-0.2, -0.15) is 0 Å². The number of nitrogens with zero attached hydrogens (tertiary/aromatic N) is 2. The summed E-state index contributed by atoms with van der Waals surface area (Å²) >= 11 is 0. The van der Waals surface area contributed by atoms with Crippen LogP contribution in [0.25, 0.3) is 5.76 Å². The lowest BCUT2D eigenvalue weighted by molar-refractivity contribution is -0.140. The Bertz CT molecular complexity index is 1180. The van der Waals surface area contributed by atoms with Gasteiger partial charge in [0.2, 0.25) is 0 Å². The Morgan fingerprint density at radius 1 is 1.09 bits per heavy atom. The maximum atomic E-state index is 13.1. The maximum absolute atomic E-state index is 13.1. The Morgan fingerprint density at radius 3 is 2.48 bits per heavy atom. The number of carbonyl (C=O) groups excluding carboxylic acids is 2. The molecule has 1 aromatic heterocycles. The normalized spacial score (nSPS) is 17.4. The highest BCUT2D eigenvalue weighted by atomic mass is 16.5. The first-order valence-electron chi connectivity index (χ1n) is 10.7. The molecule has 33 heavy (non-hydrogen) atoms. The number of amides is 1. The number of ether oxygens (including phenoxy) is 1. The van der Waals surface area contributed by atoms with Crippen LogP contribution in [0.1, 0.15) is 29.9 Å². The fourth-order valence-electron chi connectivity index (χ4n) is 3.97. The summed E-state index contributed by atoms with van der Waals surface area (Å²) in [5.41, 5.74) is 2.14. The highest BCUT2D eigenvalue weighted by Crippen LogP contribution is 2.41. The van der Waals surface area contributed by atoms with E-state index in [4.69, 9.17) is 9.15 Å². The van der Waals surface area contributed by atoms with Gasteiger partial charge in [-0.15, -0.1) is 0 Å². The third-order valence-corrected chi connectivity index (χ3v) is 5.59. The van der Waals surface area contributed by atoms with Crippen molar-refractivity contribution in [2.45, 2.75) is 19.5 Å². The third-order valence-electron chi connectivity index (χ3n) is 5.59.